The number of hydrogen-bond acceptors (Lipinski definition) is 5. The lowest BCUT2D eigenvalue weighted by molar-refractivity contribution is 0.102. The van der Waals surface area contributed by atoms with Crippen molar-refractivity contribution in [2.24, 2.45) is 5.92 Å². The van der Waals surface area contributed by atoms with E-state index in [4.69, 9.17) is 0 Å². The maximum Gasteiger partial charge on any atom is 0.257 e. The van der Waals surface area contributed by atoms with Gasteiger partial charge in [0.1, 0.15) is 0 Å². The van der Waals surface area contributed by atoms with Crippen molar-refractivity contribution < 1.29 is 13.2 Å². The van der Waals surface area contributed by atoms with E-state index >= 15 is 0 Å². The topological polar surface area (TPSA) is 93.1 Å². The molecule has 0 aliphatic carbocycles. The first-order valence-electron chi connectivity index (χ1n) is 9.37. The lowest BCUT2D eigenvalue weighted by Gasteiger charge is -2.18. The molecule has 1 aromatic carbocycles. The van der Waals surface area contributed by atoms with Gasteiger partial charge in [0.05, 0.1) is 4.90 Å². The fourth-order valence-corrected chi connectivity index (χ4v) is 5.02. The summed E-state index contributed by atoms with van der Waals surface area (Å²) in [5.74, 6) is 0.694. The van der Waals surface area contributed by atoms with E-state index in [9.17, 15) is 13.2 Å². The normalized spacial score (nSPS) is 16.4. The fraction of sp³-hybridized carbons (Fsp3) is 0.300. The van der Waals surface area contributed by atoms with E-state index in [1.807, 2.05) is 28.3 Å². The van der Waals surface area contributed by atoms with Crippen LogP contribution in [-0.4, -0.2) is 31.2 Å². The number of nitrogens with zero attached hydrogens (tertiary/aromatic N) is 2. The Kier molecular flexibility index (Phi) is 5.28. The highest BCUT2D eigenvalue weighted by Gasteiger charge is 2.22. The monoisotopic (exact) mass is 430 g/mol. The molecule has 0 saturated carbocycles. The molecule has 0 spiro atoms. The van der Waals surface area contributed by atoms with Crippen molar-refractivity contribution in [1.82, 2.24) is 14.5 Å². The minimum Gasteiger partial charge on any atom is -0.305 e. The van der Waals surface area contributed by atoms with Gasteiger partial charge in [0.2, 0.25) is 10.0 Å². The van der Waals surface area contributed by atoms with Gasteiger partial charge >= 0.3 is 0 Å². The average molecular weight is 431 g/mol. The summed E-state index contributed by atoms with van der Waals surface area (Å²) in [6.45, 7) is 3.04. The zero-order valence-electron chi connectivity index (χ0n) is 16.2. The van der Waals surface area contributed by atoms with Gasteiger partial charge < -0.3 is 5.32 Å². The summed E-state index contributed by atoms with van der Waals surface area (Å²) in [6, 6.07) is 10.3. The number of nitrogens with one attached hydrogen (secondary N) is 2. The Labute approximate surface area is 173 Å². The van der Waals surface area contributed by atoms with Gasteiger partial charge in [-0.2, -0.15) is 5.10 Å². The van der Waals surface area contributed by atoms with E-state index in [2.05, 4.69) is 22.1 Å². The van der Waals surface area contributed by atoms with Crippen molar-refractivity contribution in [1.29, 1.82) is 0 Å². The maximum absolute atomic E-state index is 13.1. The van der Waals surface area contributed by atoms with E-state index in [0.29, 0.717) is 22.9 Å². The van der Waals surface area contributed by atoms with Crippen molar-refractivity contribution in [2.45, 2.75) is 31.2 Å². The van der Waals surface area contributed by atoms with Crippen LogP contribution in [-0.2, 0) is 23.0 Å². The van der Waals surface area contributed by atoms with E-state index in [1.165, 1.54) is 30.5 Å². The van der Waals surface area contributed by atoms with Gasteiger partial charge in [0.25, 0.3) is 5.91 Å². The number of aromatic nitrogens is 2. The second kappa shape index (κ2) is 7.74. The van der Waals surface area contributed by atoms with Crippen LogP contribution in [0.15, 0.2) is 46.7 Å². The van der Waals surface area contributed by atoms with Crippen LogP contribution in [0.5, 0.6) is 0 Å². The largest absolute Gasteiger partial charge is 0.305 e. The standard InChI is InChI=1S/C20H22N4O3S2/c1-13-7-8-24-14(10-13)11-19(23-24)22-20(25)17-12-15(29(26,27)21-2)5-6-16(17)18-4-3-9-28-18/h3-6,9,11-13,21H,7-8,10H2,1-2H3,(H,22,23,25). The smallest absolute Gasteiger partial charge is 0.257 e. The summed E-state index contributed by atoms with van der Waals surface area (Å²) in [5, 5.41) is 9.25. The molecule has 2 N–H and O–H groups in total. The Balaban J connectivity index is 1.70. The minimum atomic E-state index is -3.67. The van der Waals surface area contributed by atoms with Crippen molar-refractivity contribution in [3.8, 4) is 10.4 Å². The Hall–Kier alpha value is -2.49. The predicted octanol–water partition coefficient (Wildman–Crippen LogP) is 3.35. The number of carbonyl (C=O) groups excluding carboxylic acids is 1. The average Bonchev–Trinajstić information content (AvgIpc) is 3.36. The molecule has 9 heteroatoms. The molecule has 1 unspecified atom stereocenters. The first-order valence-corrected chi connectivity index (χ1v) is 11.7. The lowest BCUT2D eigenvalue weighted by atomic mass is 9.99. The van der Waals surface area contributed by atoms with Crippen LogP contribution in [0.4, 0.5) is 5.82 Å². The second-order valence-electron chi connectivity index (χ2n) is 7.19. The molecular formula is C20H22N4O3S2. The first-order chi connectivity index (χ1) is 13.9. The molecule has 2 aromatic heterocycles. The van der Waals surface area contributed by atoms with E-state index in [-0.39, 0.29) is 10.8 Å². The highest BCUT2D eigenvalue weighted by molar-refractivity contribution is 7.89. The molecule has 1 amide bonds. The van der Waals surface area contributed by atoms with Crippen molar-refractivity contribution >= 4 is 33.1 Å². The number of anilines is 1. The van der Waals surface area contributed by atoms with Crippen LogP contribution in [0.1, 0.15) is 29.4 Å². The molecule has 152 valence electrons. The molecule has 1 aliphatic rings. The van der Waals surface area contributed by atoms with E-state index < -0.39 is 10.0 Å². The first kappa shape index (κ1) is 19.8. The van der Waals surface area contributed by atoms with Crippen LogP contribution >= 0.6 is 11.3 Å². The van der Waals surface area contributed by atoms with Gasteiger partial charge in [0, 0.05) is 34.3 Å². The van der Waals surface area contributed by atoms with Gasteiger partial charge in [-0.15, -0.1) is 11.3 Å². The number of aryl methyl sites for hydroxylation is 1. The van der Waals surface area contributed by atoms with Crippen LogP contribution in [0.3, 0.4) is 0 Å². The van der Waals surface area contributed by atoms with Crippen molar-refractivity contribution in [3.63, 3.8) is 0 Å². The zero-order valence-corrected chi connectivity index (χ0v) is 17.8. The molecule has 3 aromatic rings. The molecule has 0 radical (unpaired) electrons. The molecule has 29 heavy (non-hydrogen) atoms. The van der Waals surface area contributed by atoms with Crippen molar-refractivity contribution in [3.05, 3.63) is 53.0 Å². The molecule has 7 nitrogen and oxygen atoms in total. The third kappa shape index (κ3) is 3.98. The molecule has 0 bridgehead atoms. The number of rotatable bonds is 5. The molecule has 1 aliphatic heterocycles. The van der Waals surface area contributed by atoms with Gasteiger partial charge in [-0.1, -0.05) is 19.1 Å². The predicted molar refractivity (Wildman–Crippen MR) is 114 cm³/mol. The molecule has 0 fully saturated rings. The number of fused-ring (bicyclic) bond motifs is 1. The van der Waals surface area contributed by atoms with Gasteiger partial charge in [-0.3, -0.25) is 9.48 Å². The summed E-state index contributed by atoms with van der Waals surface area (Å²) >= 11 is 1.49. The Bertz CT molecular complexity index is 1150. The summed E-state index contributed by atoms with van der Waals surface area (Å²) in [4.78, 5) is 14.0. The van der Waals surface area contributed by atoms with E-state index in [0.717, 1.165) is 30.0 Å². The number of carbonyl (C=O) groups is 1. The summed E-state index contributed by atoms with van der Waals surface area (Å²) in [6.07, 6.45) is 1.99. The zero-order chi connectivity index (χ0) is 20.6. The summed E-state index contributed by atoms with van der Waals surface area (Å²) < 4.78 is 28.7. The molecule has 3 heterocycles. The van der Waals surface area contributed by atoms with Crippen LogP contribution < -0.4 is 10.0 Å². The fourth-order valence-electron chi connectivity index (χ4n) is 3.50. The van der Waals surface area contributed by atoms with E-state index in [1.54, 1.807) is 6.07 Å². The van der Waals surface area contributed by atoms with Crippen LogP contribution in [0.2, 0.25) is 0 Å². The second-order valence-corrected chi connectivity index (χ2v) is 10.0. The molecule has 0 saturated heterocycles. The minimum absolute atomic E-state index is 0.0448. The van der Waals surface area contributed by atoms with Gasteiger partial charge in [-0.05, 0) is 49.4 Å². The highest BCUT2D eigenvalue weighted by atomic mass is 32.2. The summed E-state index contributed by atoms with van der Waals surface area (Å²) in [5.41, 5.74) is 2.08. The number of thiophene rings is 1. The number of hydrogen-bond donors (Lipinski definition) is 2. The van der Waals surface area contributed by atoms with Crippen LogP contribution in [0, 0.1) is 5.92 Å². The van der Waals surface area contributed by atoms with Crippen LogP contribution in [0.25, 0.3) is 10.4 Å². The molecular weight excluding hydrogens is 408 g/mol. The molecule has 1 atom stereocenters. The number of sulfonamides is 1. The van der Waals surface area contributed by atoms with Gasteiger partial charge in [0.15, 0.2) is 5.82 Å². The third-order valence-corrected chi connectivity index (χ3v) is 7.41. The van der Waals surface area contributed by atoms with Crippen molar-refractivity contribution in [2.75, 3.05) is 12.4 Å². The molecule has 4 rings (SSSR count). The highest BCUT2D eigenvalue weighted by Crippen LogP contribution is 2.31. The lowest BCUT2D eigenvalue weighted by Crippen LogP contribution is -2.20. The SMILES string of the molecule is CNS(=O)(=O)c1ccc(-c2cccs2)c(C(=O)Nc2cc3n(n2)CCC(C)C3)c1. The number of benzene rings is 1. The summed E-state index contributed by atoms with van der Waals surface area (Å²) in [7, 11) is -2.32. The Morgan fingerprint density at radius 2 is 2.10 bits per heavy atom. The Morgan fingerprint density at radius 1 is 1.28 bits per heavy atom. The Morgan fingerprint density at radius 3 is 2.83 bits per heavy atom. The quantitative estimate of drug-likeness (QED) is 0.649. The third-order valence-electron chi connectivity index (χ3n) is 5.10. The van der Waals surface area contributed by atoms with Gasteiger partial charge in [-0.25, -0.2) is 13.1 Å². The maximum atomic E-state index is 13.1. The number of amides is 1.